The summed E-state index contributed by atoms with van der Waals surface area (Å²) in [5.74, 6) is 0. The van der Waals surface area contributed by atoms with Gasteiger partial charge in [-0.3, -0.25) is 0 Å². The Morgan fingerprint density at radius 2 is 2.20 bits per heavy atom. The molecule has 2 amide bonds. The molecule has 0 unspecified atom stereocenters. The van der Waals surface area contributed by atoms with E-state index in [1.165, 1.54) is 0 Å². The Kier molecular flexibility index (Phi) is 5.23. The SMILES string of the molecule is O=C1NCCC[C@H](NC(=O)OCc2ccccc2)CO1. The minimum absolute atomic E-state index is 0.159. The van der Waals surface area contributed by atoms with Crippen LogP contribution >= 0.6 is 0 Å². The van der Waals surface area contributed by atoms with Crippen LogP contribution in [0.3, 0.4) is 0 Å². The van der Waals surface area contributed by atoms with Crippen LogP contribution in [0.4, 0.5) is 9.59 Å². The molecule has 1 saturated heterocycles. The van der Waals surface area contributed by atoms with Crippen molar-refractivity contribution in [2.45, 2.75) is 25.5 Å². The fourth-order valence-corrected chi connectivity index (χ4v) is 1.89. The highest BCUT2D eigenvalue weighted by Gasteiger charge is 2.17. The standard InChI is InChI=1S/C14H18N2O4/c17-13-15-8-4-7-12(10-20-13)16-14(18)19-9-11-5-2-1-3-6-11/h1-3,5-6,12H,4,7-10H2,(H,15,17)(H,16,18)/t12-/m0/s1. The van der Waals surface area contributed by atoms with Crippen LogP contribution in [0.25, 0.3) is 0 Å². The van der Waals surface area contributed by atoms with Gasteiger partial charge in [0, 0.05) is 6.54 Å². The van der Waals surface area contributed by atoms with Crippen LogP contribution in [0.15, 0.2) is 30.3 Å². The first kappa shape index (κ1) is 14.2. The van der Waals surface area contributed by atoms with Crippen LogP contribution in [-0.4, -0.2) is 31.4 Å². The number of ether oxygens (including phenoxy) is 2. The summed E-state index contributed by atoms with van der Waals surface area (Å²) in [6.07, 6.45) is 0.581. The van der Waals surface area contributed by atoms with Crippen molar-refractivity contribution < 1.29 is 19.1 Å². The van der Waals surface area contributed by atoms with Gasteiger partial charge in [0.15, 0.2) is 0 Å². The largest absolute Gasteiger partial charge is 0.447 e. The highest BCUT2D eigenvalue weighted by molar-refractivity contribution is 5.68. The third-order valence-corrected chi connectivity index (χ3v) is 2.95. The number of cyclic esters (lactones) is 1. The first-order valence-corrected chi connectivity index (χ1v) is 6.62. The van der Waals surface area contributed by atoms with Crippen molar-refractivity contribution in [3.63, 3.8) is 0 Å². The van der Waals surface area contributed by atoms with Crippen molar-refractivity contribution in [3.8, 4) is 0 Å². The average Bonchev–Trinajstić information content (AvgIpc) is 2.45. The van der Waals surface area contributed by atoms with Gasteiger partial charge in [-0.05, 0) is 18.4 Å². The number of hydrogen-bond acceptors (Lipinski definition) is 4. The highest BCUT2D eigenvalue weighted by atomic mass is 16.6. The molecule has 1 aromatic carbocycles. The van der Waals surface area contributed by atoms with E-state index in [-0.39, 0.29) is 19.3 Å². The first-order valence-electron chi connectivity index (χ1n) is 6.62. The van der Waals surface area contributed by atoms with Crippen molar-refractivity contribution >= 4 is 12.2 Å². The number of nitrogens with one attached hydrogen (secondary N) is 2. The van der Waals surface area contributed by atoms with Crippen LogP contribution in [0, 0.1) is 0 Å². The molecule has 0 aliphatic carbocycles. The molecule has 2 rings (SSSR count). The molecule has 1 heterocycles. The Bertz CT molecular complexity index is 450. The summed E-state index contributed by atoms with van der Waals surface area (Å²) in [6.45, 7) is 0.934. The average molecular weight is 278 g/mol. The molecule has 1 aromatic rings. The fraction of sp³-hybridized carbons (Fsp3) is 0.429. The molecule has 6 nitrogen and oxygen atoms in total. The van der Waals surface area contributed by atoms with Crippen molar-refractivity contribution in [2.24, 2.45) is 0 Å². The van der Waals surface area contributed by atoms with Gasteiger partial charge in [0.05, 0.1) is 6.04 Å². The topological polar surface area (TPSA) is 76.7 Å². The van der Waals surface area contributed by atoms with Crippen LogP contribution < -0.4 is 10.6 Å². The second kappa shape index (κ2) is 7.37. The van der Waals surface area contributed by atoms with Gasteiger partial charge in [-0.15, -0.1) is 0 Å². The highest BCUT2D eigenvalue weighted by Crippen LogP contribution is 2.04. The van der Waals surface area contributed by atoms with E-state index in [0.29, 0.717) is 6.54 Å². The van der Waals surface area contributed by atoms with Crippen molar-refractivity contribution in [3.05, 3.63) is 35.9 Å². The van der Waals surface area contributed by atoms with Crippen molar-refractivity contribution in [1.82, 2.24) is 10.6 Å². The van der Waals surface area contributed by atoms with Crippen molar-refractivity contribution in [1.29, 1.82) is 0 Å². The van der Waals surface area contributed by atoms with E-state index in [9.17, 15) is 9.59 Å². The quantitative estimate of drug-likeness (QED) is 0.884. The summed E-state index contributed by atoms with van der Waals surface area (Å²) < 4.78 is 10.1. The third kappa shape index (κ3) is 4.79. The Hall–Kier alpha value is -2.24. The molecule has 1 aliphatic heterocycles. The number of amides is 2. The number of carbonyl (C=O) groups is 2. The summed E-state index contributed by atoms with van der Waals surface area (Å²) in [7, 11) is 0. The summed E-state index contributed by atoms with van der Waals surface area (Å²) >= 11 is 0. The lowest BCUT2D eigenvalue weighted by atomic mass is 10.1. The maximum atomic E-state index is 11.7. The smallest absolute Gasteiger partial charge is 0.407 e. The molecule has 1 fully saturated rings. The van der Waals surface area contributed by atoms with E-state index >= 15 is 0 Å². The molecular formula is C14H18N2O4. The third-order valence-electron chi connectivity index (χ3n) is 2.95. The number of rotatable bonds is 3. The van der Waals surface area contributed by atoms with E-state index in [0.717, 1.165) is 18.4 Å². The molecule has 0 radical (unpaired) electrons. The van der Waals surface area contributed by atoms with Gasteiger partial charge >= 0.3 is 12.2 Å². The van der Waals surface area contributed by atoms with Gasteiger partial charge in [0.1, 0.15) is 13.2 Å². The maximum Gasteiger partial charge on any atom is 0.407 e. The molecule has 0 saturated carbocycles. The van der Waals surface area contributed by atoms with Gasteiger partial charge in [-0.2, -0.15) is 0 Å². The second-order valence-electron chi connectivity index (χ2n) is 4.57. The molecule has 0 aromatic heterocycles. The number of hydrogen-bond donors (Lipinski definition) is 2. The van der Waals surface area contributed by atoms with Gasteiger partial charge in [-0.25, -0.2) is 9.59 Å². The van der Waals surface area contributed by atoms with Crippen LogP contribution in [0.5, 0.6) is 0 Å². The molecule has 20 heavy (non-hydrogen) atoms. The van der Waals surface area contributed by atoms with Crippen LogP contribution in [0.2, 0.25) is 0 Å². The van der Waals surface area contributed by atoms with Crippen molar-refractivity contribution in [2.75, 3.05) is 13.2 Å². The zero-order valence-corrected chi connectivity index (χ0v) is 11.1. The van der Waals surface area contributed by atoms with Crippen LogP contribution in [-0.2, 0) is 16.1 Å². The molecule has 0 bridgehead atoms. The summed E-state index contributed by atoms with van der Waals surface area (Å²) in [4.78, 5) is 22.8. The fourth-order valence-electron chi connectivity index (χ4n) is 1.89. The van der Waals surface area contributed by atoms with Gasteiger partial charge in [0.25, 0.3) is 0 Å². The predicted molar refractivity (Wildman–Crippen MR) is 72.1 cm³/mol. The molecule has 0 spiro atoms. The van der Waals surface area contributed by atoms with Gasteiger partial charge in [-0.1, -0.05) is 30.3 Å². The van der Waals surface area contributed by atoms with E-state index < -0.39 is 12.2 Å². The zero-order valence-electron chi connectivity index (χ0n) is 11.1. The molecule has 1 atom stereocenters. The summed E-state index contributed by atoms with van der Waals surface area (Å²) in [6, 6.07) is 9.24. The van der Waals surface area contributed by atoms with E-state index in [1.807, 2.05) is 30.3 Å². The molecule has 6 heteroatoms. The maximum absolute atomic E-state index is 11.7. The van der Waals surface area contributed by atoms with E-state index in [2.05, 4.69) is 10.6 Å². The summed E-state index contributed by atoms with van der Waals surface area (Å²) in [5, 5.41) is 5.31. The lowest BCUT2D eigenvalue weighted by Gasteiger charge is -2.21. The zero-order chi connectivity index (χ0) is 14.2. The van der Waals surface area contributed by atoms with Gasteiger partial charge < -0.3 is 20.1 Å². The number of alkyl carbamates (subject to hydrolysis) is 2. The number of benzene rings is 1. The minimum atomic E-state index is -0.497. The Morgan fingerprint density at radius 1 is 1.40 bits per heavy atom. The lowest BCUT2D eigenvalue weighted by molar-refractivity contribution is 0.109. The minimum Gasteiger partial charge on any atom is -0.447 e. The van der Waals surface area contributed by atoms with Crippen LogP contribution in [0.1, 0.15) is 18.4 Å². The second-order valence-corrected chi connectivity index (χ2v) is 4.57. The normalized spacial score (nSPS) is 19.0. The lowest BCUT2D eigenvalue weighted by Crippen LogP contribution is -2.42. The monoisotopic (exact) mass is 278 g/mol. The molecule has 1 aliphatic rings. The Morgan fingerprint density at radius 3 is 3.00 bits per heavy atom. The van der Waals surface area contributed by atoms with Gasteiger partial charge in [0.2, 0.25) is 0 Å². The molecule has 2 N–H and O–H groups in total. The van der Waals surface area contributed by atoms with E-state index in [1.54, 1.807) is 0 Å². The first-order chi connectivity index (χ1) is 9.74. The summed E-state index contributed by atoms with van der Waals surface area (Å²) in [5.41, 5.74) is 0.927. The Labute approximate surface area is 117 Å². The Balaban J connectivity index is 1.74. The number of carbonyl (C=O) groups excluding carboxylic acids is 2. The predicted octanol–water partition coefficient (Wildman–Crippen LogP) is 1.80. The molecular weight excluding hydrogens is 260 g/mol. The molecule has 108 valence electrons. The van der Waals surface area contributed by atoms with E-state index in [4.69, 9.17) is 9.47 Å².